The monoisotopic (exact) mass is 434 g/mol. The van der Waals surface area contributed by atoms with E-state index in [0.717, 1.165) is 42.1 Å². The summed E-state index contributed by atoms with van der Waals surface area (Å²) in [5.41, 5.74) is -0.815. The molecule has 21 heavy (non-hydrogen) atoms. The molecule has 1 aromatic rings. The zero-order chi connectivity index (χ0) is 14.6. The molecule has 1 aliphatic rings. The Morgan fingerprint density at radius 3 is 2.71 bits per heavy atom. The molecule has 0 spiro atoms. The Bertz CT molecular complexity index is 471. The van der Waals surface area contributed by atoms with Crippen LogP contribution in [0, 0.1) is 0 Å². The molecule has 2 rings (SSSR count). The lowest BCUT2D eigenvalue weighted by molar-refractivity contribution is -0.140. The van der Waals surface area contributed by atoms with Crippen molar-refractivity contribution in [1.82, 2.24) is 15.6 Å². The fraction of sp³-hybridized carbons (Fsp3) is 0.667. The van der Waals surface area contributed by atoms with Gasteiger partial charge in [-0.15, -0.1) is 35.3 Å². The molecule has 4 nitrogen and oxygen atoms in total. The number of thiazole rings is 1. The first-order valence-corrected chi connectivity index (χ1v) is 7.43. The number of aliphatic imine (C=N–C) groups is 1. The van der Waals surface area contributed by atoms with Gasteiger partial charge in [0.2, 0.25) is 0 Å². The van der Waals surface area contributed by atoms with E-state index in [9.17, 15) is 13.2 Å². The summed E-state index contributed by atoms with van der Waals surface area (Å²) in [5.74, 6) is 0.725. The zero-order valence-corrected chi connectivity index (χ0v) is 14.7. The van der Waals surface area contributed by atoms with Crippen LogP contribution in [0.4, 0.5) is 13.2 Å². The van der Waals surface area contributed by atoms with Crippen LogP contribution in [0.1, 0.15) is 30.5 Å². The van der Waals surface area contributed by atoms with Gasteiger partial charge in [-0.3, -0.25) is 4.99 Å². The molecule has 0 saturated heterocycles. The van der Waals surface area contributed by atoms with Crippen LogP contribution in [0.3, 0.4) is 0 Å². The molecule has 9 heteroatoms. The summed E-state index contributed by atoms with van der Waals surface area (Å²) in [6, 6.07) is 0.490. The van der Waals surface area contributed by atoms with Crippen molar-refractivity contribution in [2.45, 2.75) is 38.4 Å². The van der Waals surface area contributed by atoms with Gasteiger partial charge in [-0.25, -0.2) is 4.98 Å². The minimum absolute atomic E-state index is 0. The van der Waals surface area contributed by atoms with E-state index in [-0.39, 0.29) is 24.0 Å². The highest BCUT2D eigenvalue weighted by Gasteiger charge is 2.33. The molecule has 1 aromatic heterocycles. The van der Waals surface area contributed by atoms with Crippen LogP contribution in [0.2, 0.25) is 0 Å². The highest BCUT2D eigenvalue weighted by Crippen LogP contribution is 2.30. The van der Waals surface area contributed by atoms with Gasteiger partial charge in [-0.1, -0.05) is 0 Å². The van der Waals surface area contributed by atoms with Crippen molar-refractivity contribution in [2.75, 3.05) is 13.1 Å². The number of rotatable bonds is 5. The minimum Gasteiger partial charge on any atom is -0.357 e. The third kappa shape index (κ3) is 6.37. The SMILES string of the molecule is CCNC(=NCCc1nc(C(F)(F)F)cs1)NC1CC1.I. The molecule has 0 aliphatic heterocycles. The van der Waals surface area contributed by atoms with E-state index in [2.05, 4.69) is 20.6 Å². The van der Waals surface area contributed by atoms with Crippen molar-refractivity contribution in [3.05, 3.63) is 16.1 Å². The maximum Gasteiger partial charge on any atom is 0.434 e. The number of nitrogens with one attached hydrogen (secondary N) is 2. The van der Waals surface area contributed by atoms with Gasteiger partial charge in [0, 0.05) is 30.9 Å². The van der Waals surface area contributed by atoms with Gasteiger partial charge in [-0.05, 0) is 19.8 Å². The molecule has 0 unspecified atom stereocenters. The van der Waals surface area contributed by atoms with Crippen molar-refractivity contribution in [1.29, 1.82) is 0 Å². The molecule has 1 heterocycles. The molecule has 120 valence electrons. The molecule has 0 aromatic carbocycles. The largest absolute Gasteiger partial charge is 0.434 e. The summed E-state index contributed by atoms with van der Waals surface area (Å²) in [5, 5.41) is 7.87. The van der Waals surface area contributed by atoms with Crippen molar-refractivity contribution in [2.24, 2.45) is 4.99 Å². The normalized spacial score (nSPS) is 15.5. The first-order chi connectivity index (χ1) is 9.49. The molecule has 0 atom stereocenters. The predicted octanol–water partition coefficient (Wildman–Crippen LogP) is 3.04. The van der Waals surface area contributed by atoms with Crippen LogP contribution in [0.15, 0.2) is 10.4 Å². The van der Waals surface area contributed by atoms with E-state index in [1.165, 1.54) is 0 Å². The van der Waals surface area contributed by atoms with Gasteiger partial charge >= 0.3 is 6.18 Å². The molecule has 0 bridgehead atoms. The number of guanidine groups is 1. The smallest absolute Gasteiger partial charge is 0.357 e. The van der Waals surface area contributed by atoms with Gasteiger partial charge < -0.3 is 10.6 Å². The van der Waals surface area contributed by atoms with Crippen LogP contribution in [-0.4, -0.2) is 30.1 Å². The van der Waals surface area contributed by atoms with Gasteiger partial charge in [0.15, 0.2) is 11.7 Å². The minimum atomic E-state index is -4.36. The first kappa shape index (κ1) is 18.5. The van der Waals surface area contributed by atoms with Crippen LogP contribution < -0.4 is 10.6 Å². The van der Waals surface area contributed by atoms with Crippen molar-refractivity contribution in [3.8, 4) is 0 Å². The fourth-order valence-electron chi connectivity index (χ4n) is 1.56. The second-order valence-corrected chi connectivity index (χ2v) is 5.50. The molecule has 1 aliphatic carbocycles. The summed E-state index contributed by atoms with van der Waals surface area (Å²) in [7, 11) is 0. The lowest BCUT2D eigenvalue weighted by Crippen LogP contribution is -2.38. The van der Waals surface area contributed by atoms with Crippen LogP contribution in [0.5, 0.6) is 0 Å². The molecular formula is C12H18F3IN4S. The lowest BCUT2D eigenvalue weighted by Gasteiger charge is -2.09. The number of hydrogen-bond donors (Lipinski definition) is 2. The summed E-state index contributed by atoms with van der Waals surface area (Å²) >= 11 is 1.03. The average molecular weight is 434 g/mol. The molecule has 1 fully saturated rings. The summed E-state index contributed by atoms with van der Waals surface area (Å²) in [4.78, 5) is 7.92. The second kappa shape index (κ2) is 8.16. The number of aromatic nitrogens is 1. The summed E-state index contributed by atoms with van der Waals surface area (Å²) < 4.78 is 37.2. The molecular weight excluding hydrogens is 416 g/mol. The van der Waals surface area contributed by atoms with Crippen molar-refractivity contribution in [3.63, 3.8) is 0 Å². The van der Waals surface area contributed by atoms with Crippen LogP contribution in [-0.2, 0) is 12.6 Å². The molecule has 2 N–H and O–H groups in total. The quantitative estimate of drug-likeness (QED) is 0.426. The van der Waals surface area contributed by atoms with Crippen LogP contribution >= 0.6 is 35.3 Å². The Balaban J connectivity index is 0.00000220. The lowest BCUT2D eigenvalue weighted by atomic mass is 10.4. The number of nitrogens with zero attached hydrogens (tertiary/aromatic N) is 2. The molecule has 0 amide bonds. The Morgan fingerprint density at radius 2 is 2.19 bits per heavy atom. The maximum absolute atomic E-state index is 12.4. The van der Waals surface area contributed by atoms with Crippen LogP contribution in [0.25, 0.3) is 0 Å². The second-order valence-electron chi connectivity index (χ2n) is 4.55. The maximum atomic E-state index is 12.4. The third-order valence-corrected chi connectivity index (χ3v) is 3.61. The third-order valence-electron chi connectivity index (χ3n) is 2.70. The number of hydrogen-bond acceptors (Lipinski definition) is 3. The zero-order valence-electron chi connectivity index (χ0n) is 11.5. The van der Waals surface area contributed by atoms with E-state index in [4.69, 9.17) is 0 Å². The average Bonchev–Trinajstić information content (AvgIpc) is 3.03. The van der Waals surface area contributed by atoms with E-state index < -0.39 is 11.9 Å². The van der Waals surface area contributed by atoms with Crippen molar-refractivity contribution < 1.29 is 13.2 Å². The predicted molar refractivity (Wildman–Crippen MR) is 88.4 cm³/mol. The highest BCUT2D eigenvalue weighted by atomic mass is 127. The Kier molecular flexibility index (Phi) is 7.17. The number of alkyl halides is 3. The standard InChI is InChI=1S/C12H17F3N4S.HI/c1-2-16-11(18-8-3-4-8)17-6-5-10-19-9(7-20-10)12(13,14)15;/h7-8H,2-6H2,1H3,(H2,16,17,18);1H. The first-order valence-electron chi connectivity index (χ1n) is 6.55. The van der Waals surface area contributed by atoms with Gasteiger partial charge in [0.05, 0.1) is 5.01 Å². The van der Waals surface area contributed by atoms with E-state index in [0.29, 0.717) is 24.0 Å². The van der Waals surface area contributed by atoms with Gasteiger partial charge in [-0.2, -0.15) is 13.2 Å². The van der Waals surface area contributed by atoms with E-state index in [1.807, 2.05) is 6.92 Å². The Hall–Kier alpha value is -0.580. The summed E-state index contributed by atoms with van der Waals surface area (Å²) in [6.45, 7) is 3.15. The Labute approximate surface area is 142 Å². The summed E-state index contributed by atoms with van der Waals surface area (Å²) in [6.07, 6.45) is -1.65. The van der Waals surface area contributed by atoms with E-state index >= 15 is 0 Å². The molecule has 1 saturated carbocycles. The van der Waals surface area contributed by atoms with Gasteiger partial charge in [0.1, 0.15) is 0 Å². The molecule has 0 radical (unpaired) electrons. The van der Waals surface area contributed by atoms with E-state index in [1.54, 1.807) is 0 Å². The van der Waals surface area contributed by atoms with Gasteiger partial charge in [0.25, 0.3) is 0 Å². The Morgan fingerprint density at radius 1 is 1.48 bits per heavy atom. The highest BCUT2D eigenvalue weighted by molar-refractivity contribution is 14.0. The van der Waals surface area contributed by atoms with Crippen molar-refractivity contribution >= 4 is 41.3 Å². The fourth-order valence-corrected chi connectivity index (χ4v) is 2.35. The topological polar surface area (TPSA) is 49.3 Å². The number of halogens is 4.